The lowest BCUT2D eigenvalue weighted by molar-refractivity contribution is -0.121. The first-order valence-corrected chi connectivity index (χ1v) is 9.66. The average molecular weight is 365 g/mol. The number of amides is 1. The Morgan fingerprint density at radius 2 is 1.76 bits per heavy atom. The number of nitrogens with one attached hydrogen (secondary N) is 1. The Bertz CT molecular complexity index is 784. The minimum Gasteiger partial charge on any atom is -0.467 e. The summed E-state index contributed by atoms with van der Waals surface area (Å²) in [5, 5.41) is 2.71. The number of rotatable bonds is 8. The number of carbonyl (C=O) groups is 1. The third kappa shape index (κ3) is 5.53. The molecule has 0 spiro atoms. The number of benzene rings is 1. The number of sulfonamides is 1. The predicted octanol–water partition coefficient (Wildman–Crippen LogP) is 1.82. The summed E-state index contributed by atoms with van der Waals surface area (Å²) in [7, 11) is 0.335. The Hall–Kier alpha value is -2.48. The minimum absolute atomic E-state index is 0.0587. The molecule has 0 unspecified atom stereocenters. The van der Waals surface area contributed by atoms with Gasteiger partial charge in [-0.05, 0) is 36.4 Å². The Balaban J connectivity index is 1.99. The molecule has 0 atom stereocenters. The first-order chi connectivity index (χ1) is 11.8. The number of nitrogens with zero attached hydrogens (tertiary/aromatic N) is 2. The molecule has 2 aromatic rings. The van der Waals surface area contributed by atoms with E-state index in [2.05, 4.69) is 5.32 Å². The first-order valence-electron chi connectivity index (χ1n) is 7.81. The van der Waals surface area contributed by atoms with Crippen LogP contribution in [0.25, 0.3) is 0 Å². The van der Waals surface area contributed by atoms with Gasteiger partial charge in [0.2, 0.25) is 15.9 Å². The molecule has 1 heterocycles. The highest BCUT2D eigenvalue weighted by molar-refractivity contribution is 7.92. The number of hydrogen-bond donors (Lipinski definition) is 1. The van der Waals surface area contributed by atoms with E-state index in [0.717, 1.165) is 11.9 Å². The molecule has 0 saturated carbocycles. The van der Waals surface area contributed by atoms with Crippen molar-refractivity contribution in [1.29, 1.82) is 0 Å². The van der Waals surface area contributed by atoms with Crippen molar-refractivity contribution < 1.29 is 17.6 Å². The van der Waals surface area contributed by atoms with E-state index in [0.29, 0.717) is 11.4 Å². The SMILES string of the molecule is CN(C)c1ccc(N(CCC(=O)NCc2ccco2)S(C)(=O)=O)cc1. The maximum absolute atomic E-state index is 12.1. The van der Waals surface area contributed by atoms with Crippen molar-refractivity contribution in [3.05, 3.63) is 48.4 Å². The highest BCUT2D eigenvalue weighted by Crippen LogP contribution is 2.21. The van der Waals surface area contributed by atoms with Gasteiger partial charge in [-0.1, -0.05) is 0 Å². The van der Waals surface area contributed by atoms with Crippen molar-refractivity contribution in [3.63, 3.8) is 0 Å². The molecule has 0 aliphatic heterocycles. The Kier molecular flexibility index (Phi) is 6.08. The zero-order valence-electron chi connectivity index (χ0n) is 14.6. The second-order valence-electron chi connectivity index (χ2n) is 5.85. The highest BCUT2D eigenvalue weighted by atomic mass is 32.2. The first kappa shape index (κ1) is 18.9. The van der Waals surface area contributed by atoms with Gasteiger partial charge in [0.15, 0.2) is 0 Å². The summed E-state index contributed by atoms with van der Waals surface area (Å²) >= 11 is 0. The van der Waals surface area contributed by atoms with E-state index in [1.807, 2.05) is 31.1 Å². The number of furan rings is 1. The molecule has 136 valence electrons. The van der Waals surface area contributed by atoms with Crippen LogP contribution in [0.4, 0.5) is 11.4 Å². The quantitative estimate of drug-likeness (QED) is 0.771. The molecule has 7 nitrogen and oxygen atoms in total. The highest BCUT2D eigenvalue weighted by Gasteiger charge is 2.18. The van der Waals surface area contributed by atoms with Gasteiger partial charge in [-0.2, -0.15) is 0 Å². The van der Waals surface area contributed by atoms with Crippen LogP contribution in [-0.2, 0) is 21.4 Å². The fourth-order valence-electron chi connectivity index (χ4n) is 2.29. The monoisotopic (exact) mass is 365 g/mol. The van der Waals surface area contributed by atoms with E-state index in [1.54, 1.807) is 24.3 Å². The summed E-state index contributed by atoms with van der Waals surface area (Å²) in [5.74, 6) is 0.405. The molecule has 2 rings (SSSR count). The van der Waals surface area contributed by atoms with Crippen molar-refractivity contribution in [2.45, 2.75) is 13.0 Å². The van der Waals surface area contributed by atoms with Crippen molar-refractivity contribution in [2.75, 3.05) is 36.1 Å². The number of carbonyl (C=O) groups excluding carboxylic acids is 1. The van der Waals surface area contributed by atoms with Crippen LogP contribution >= 0.6 is 0 Å². The van der Waals surface area contributed by atoms with Crippen LogP contribution in [0.3, 0.4) is 0 Å². The second kappa shape index (κ2) is 8.06. The molecular formula is C17H23N3O4S. The molecule has 0 aliphatic rings. The second-order valence-corrected chi connectivity index (χ2v) is 7.76. The number of anilines is 2. The number of hydrogen-bond acceptors (Lipinski definition) is 5. The molecule has 1 aromatic heterocycles. The van der Waals surface area contributed by atoms with E-state index in [9.17, 15) is 13.2 Å². The Morgan fingerprint density at radius 1 is 1.12 bits per heavy atom. The van der Waals surface area contributed by atoms with E-state index in [-0.39, 0.29) is 25.4 Å². The van der Waals surface area contributed by atoms with E-state index >= 15 is 0 Å². The fraction of sp³-hybridized carbons (Fsp3) is 0.353. The molecule has 0 radical (unpaired) electrons. The van der Waals surface area contributed by atoms with Crippen LogP contribution in [-0.4, -0.2) is 41.2 Å². The maximum atomic E-state index is 12.1. The molecule has 25 heavy (non-hydrogen) atoms. The van der Waals surface area contributed by atoms with Crippen LogP contribution in [0.15, 0.2) is 47.1 Å². The standard InChI is InChI=1S/C17H23N3O4S/c1-19(2)14-6-8-15(9-7-14)20(25(3,22)23)11-10-17(21)18-13-16-5-4-12-24-16/h4-9,12H,10-11,13H2,1-3H3,(H,18,21). The van der Waals surface area contributed by atoms with Gasteiger partial charge in [-0.25, -0.2) is 8.42 Å². The van der Waals surface area contributed by atoms with Crippen molar-refractivity contribution in [3.8, 4) is 0 Å². The van der Waals surface area contributed by atoms with Gasteiger partial charge in [0, 0.05) is 32.7 Å². The molecule has 0 aliphatic carbocycles. The Morgan fingerprint density at radius 3 is 2.28 bits per heavy atom. The summed E-state index contributed by atoms with van der Waals surface area (Å²) in [6.07, 6.45) is 2.72. The van der Waals surface area contributed by atoms with Crippen LogP contribution in [0.1, 0.15) is 12.2 Å². The lowest BCUT2D eigenvalue weighted by Gasteiger charge is -2.23. The third-order valence-electron chi connectivity index (χ3n) is 3.64. The Labute approximate surface area is 148 Å². The predicted molar refractivity (Wildman–Crippen MR) is 98.1 cm³/mol. The molecule has 0 bridgehead atoms. The largest absolute Gasteiger partial charge is 0.467 e. The molecular weight excluding hydrogens is 342 g/mol. The molecule has 8 heteroatoms. The van der Waals surface area contributed by atoms with Gasteiger partial charge < -0.3 is 14.6 Å². The van der Waals surface area contributed by atoms with Gasteiger partial charge in [-0.15, -0.1) is 0 Å². The van der Waals surface area contributed by atoms with Gasteiger partial charge in [-0.3, -0.25) is 9.10 Å². The lowest BCUT2D eigenvalue weighted by atomic mass is 10.2. The van der Waals surface area contributed by atoms with Crippen LogP contribution in [0.2, 0.25) is 0 Å². The van der Waals surface area contributed by atoms with Crippen LogP contribution in [0.5, 0.6) is 0 Å². The lowest BCUT2D eigenvalue weighted by Crippen LogP contribution is -2.34. The summed E-state index contributed by atoms with van der Waals surface area (Å²) < 4.78 is 30.5. The normalized spacial score (nSPS) is 11.2. The maximum Gasteiger partial charge on any atom is 0.232 e. The minimum atomic E-state index is -3.48. The average Bonchev–Trinajstić information content (AvgIpc) is 3.05. The van der Waals surface area contributed by atoms with Gasteiger partial charge in [0.25, 0.3) is 0 Å². The summed E-state index contributed by atoms with van der Waals surface area (Å²) in [4.78, 5) is 13.9. The molecule has 0 fully saturated rings. The van der Waals surface area contributed by atoms with E-state index in [1.165, 1.54) is 10.6 Å². The van der Waals surface area contributed by atoms with Crippen LogP contribution < -0.4 is 14.5 Å². The zero-order chi connectivity index (χ0) is 18.4. The smallest absolute Gasteiger partial charge is 0.232 e. The summed E-state index contributed by atoms with van der Waals surface area (Å²) in [5.41, 5.74) is 1.50. The third-order valence-corrected chi connectivity index (χ3v) is 4.83. The van der Waals surface area contributed by atoms with E-state index < -0.39 is 10.0 Å². The van der Waals surface area contributed by atoms with Crippen LogP contribution in [0, 0.1) is 0 Å². The summed E-state index contributed by atoms with van der Waals surface area (Å²) in [6, 6.07) is 10.6. The van der Waals surface area contributed by atoms with Crippen molar-refractivity contribution >= 4 is 27.3 Å². The molecule has 0 saturated heterocycles. The topological polar surface area (TPSA) is 82.9 Å². The summed E-state index contributed by atoms with van der Waals surface area (Å²) in [6.45, 7) is 0.354. The fourth-order valence-corrected chi connectivity index (χ4v) is 3.22. The molecule has 1 aromatic carbocycles. The van der Waals surface area contributed by atoms with Gasteiger partial charge in [0.1, 0.15) is 5.76 Å². The van der Waals surface area contributed by atoms with Crippen molar-refractivity contribution in [2.24, 2.45) is 0 Å². The van der Waals surface area contributed by atoms with E-state index in [4.69, 9.17) is 4.42 Å². The van der Waals surface area contributed by atoms with Gasteiger partial charge in [0.05, 0.1) is 24.8 Å². The van der Waals surface area contributed by atoms with Crippen molar-refractivity contribution in [1.82, 2.24) is 5.32 Å². The zero-order valence-corrected chi connectivity index (χ0v) is 15.4. The van der Waals surface area contributed by atoms with Gasteiger partial charge >= 0.3 is 0 Å². The molecule has 1 amide bonds. The molecule has 1 N–H and O–H groups in total.